The Bertz CT molecular complexity index is 109. The van der Waals surface area contributed by atoms with Gasteiger partial charge in [-0.15, -0.1) is 0 Å². The van der Waals surface area contributed by atoms with Gasteiger partial charge in [-0.1, -0.05) is 20.8 Å². The van der Waals surface area contributed by atoms with Gasteiger partial charge in [0.15, 0.2) is 23.0 Å². The van der Waals surface area contributed by atoms with Crippen molar-refractivity contribution in [2.45, 2.75) is 38.9 Å². The van der Waals surface area contributed by atoms with E-state index >= 15 is 0 Å². The molecule has 10 heavy (non-hydrogen) atoms. The lowest BCUT2D eigenvalue weighted by atomic mass is 10.2. The Labute approximate surface area is 78.0 Å². The van der Waals surface area contributed by atoms with E-state index in [4.69, 9.17) is 4.58 Å². The van der Waals surface area contributed by atoms with Crippen LogP contribution in [0.25, 0.3) is 0 Å². The second-order valence-electron chi connectivity index (χ2n) is 3.91. The molecule has 0 aliphatic heterocycles. The molecule has 0 rings (SSSR count). The first kappa shape index (κ1) is 10.9. The molecule has 0 saturated carbocycles. The minimum absolute atomic E-state index is 0.234. The fourth-order valence-electron chi connectivity index (χ4n) is 0.204. The fraction of sp³-hybridized carbons (Fsp3) is 1.00. The molecule has 0 unspecified atom stereocenters. The van der Waals surface area contributed by atoms with Crippen molar-refractivity contribution in [3.05, 3.63) is 0 Å². The molecule has 0 spiro atoms. The molecule has 62 valence electrons. The Kier molecular flexibility index (Phi) is 3.81. The van der Waals surface area contributed by atoms with E-state index in [2.05, 4.69) is 37.1 Å². The second-order valence-corrected chi connectivity index (χ2v) is 8.95. The summed E-state index contributed by atoms with van der Waals surface area (Å²) in [7, 11) is -1.63. The van der Waals surface area contributed by atoms with E-state index in [9.17, 15) is 0 Å². The highest BCUT2D eigenvalue weighted by molar-refractivity contribution is 14.1. The van der Waals surface area contributed by atoms with E-state index < -0.39 is 8.32 Å². The van der Waals surface area contributed by atoms with Gasteiger partial charge in [-0.3, -0.25) is 4.58 Å². The molecule has 0 fully saturated rings. The van der Waals surface area contributed by atoms with Gasteiger partial charge >= 0.3 is 0 Å². The zero-order valence-electron chi connectivity index (χ0n) is 7.19. The minimum Gasteiger partial charge on any atom is -0.276 e. The first-order valence-electron chi connectivity index (χ1n) is 3.28. The molecule has 0 aromatic carbocycles. The number of hydrogen-bond acceptors (Lipinski definition) is 2. The zero-order chi connectivity index (χ0) is 8.41. The van der Waals surface area contributed by atoms with Crippen LogP contribution in [0, 0.1) is 0 Å². The molecule has 0 amide bonds. The summed E-state index contributed by atoms with van der Waals surface area (Å²) < 4.78 is 9.88. The van der Waals surface area contributed by atoms with Crippen LogP contribution in [0.2, 0.25) is 18.1 Å². The molecule has 0 aliphatic carbocycles. The van der Waals surface area contributed by atoms with Gasteiger partial charge in [-0.2, -0.15) is 3.22 Å². The quantitative estimate of drug-likeness (QED) is 0.333. The maximum absolute atomic E-state index is 5.22. The Morgan fingerprint density at radius 3 is 1.70 bits per heavy atom. The smallest absolute Gasteiger partial charge is 0.239 e. The minimum atomic E-state index is -1.63. The maximum atomic E-state index is 5.22. The molecule has 0 bridgehead atoms. The average Bonchev–Trinajstić information content (AvgIpc) is 1.61. The van der Waals surface area contributed by atoms with E-state index in [1.165, 1.54) is 0 Å². The van der Waals surface area contributed by atoms with Gasteiger partial charge in [0.05, 0.1) is 0 Å². The first-order valence-corrected chi connectivity index (χ1v) is 7.06. The predicted molar refractivity (Wildman–Crippen MR) is 53.4 cm³/mol. The number of hydrogen-bond donors (Lipinski definition) is 0. The molecule has 0 aromatic rings. The van der Waals surface area contributed by atoms with Crippen molar-refractivity contribution >= 4 is 31.3 Å². The monoisotopic (exact) mass is 274 g/mol. The van der Waals surface area contributed by atoms with E-state index in [0.29, 0.717) is 0 Å². The molecule has 0 heterocycles. The van der Waals surface area contributed by atoms with E-state index in [1.54, 1.807) is 23.0 Å². The predicted octanol–water partition coefficient (Wildman–Crippen LogP) is 3.29. The van der Waals surface area contributed by atoms with Gasteiger partial charge in [-0.05, 0) is 18.1 Å². The summed E-state index contributed by atoms with van der Waals surface area (Å²) in [5, 5.41) is 0.234. The van der Waals surface area contributed by atoms with Crippen molar-refractivity contribution in [3.8, 4) is 0 Å². The normalized spacial score (nSPS) is 13.8. The van der Waals surface area contributed by atoms with Crippen LogP contribution < -0.4 is 0 Å². The number of halogens is 1. The molecule has 0 saturated heterocycles. The van der Waals surface area contributed by atoms with Crippen LogP contribution in [0.3, 0.4) is 0 Å². The lowest BCUT2D eigenvalue weighted by Crippen LogP contribution is -2.39. The van der Waals surface area contributed by atoms with Crippen LogP contribution in [-0.4, -0.2) is 8.32 Å². The molecule has 0 aliphatic rings. The van der Waals surface area contributed by atoms with Gasteiger partial charge in [-0.25, -0.2) is 0 Å². The van der Waals surface area contributed by atoms with Gasteiger partial charge in [0.1, 0.15) is 0 Å². The highest BCUT2D eigenvalue weighted by atomic mass is 127. The van der Waals surface area contributed by atoms with Crippen LogP contribution >= 0.6 is 23.0 Å². The van der Waals surface area contributed by atoms with Crippen LogP contribution in [0.15, 0.2) is 0 Å². The first-order chi connectivity index (χ1) is 4.31. The largest absolute Gasteiger partial charge is 0.276 e. The molecule has 2 nitrogen and oxygen atoms in total. The van der Waals surface area contributed by atoms with Gasteiger partial charge in [0.2, 0.25) is 8.32 Å². The molecule has 0 N–H and O–H groups in total. The molecular formula is C6H15IO2Si. The average molecular weight is 274 g/mol. The standard InChI is InChI=1S/C6H15IO2Si/c1-6(2,3)10(4,5)9-8-7/h1-5H3. The third kappa shape index (κ3) is 2.85. The molecule has 0 atom stereocenters. The SMILES string of the molecule is CC(C)(C)[Si](C)(C)OOI. The third-order valence-corrected chi connectivity index (χ3v) is 6.68. The lowest BCUT2D eigenvalue weighted by Gasteiger charge is -2.33. The highest BCUT2D eigenvalue weighted by Crippen LogP contribution is 2.36. The van der Waals surface area contributed by atoms with Gasteiger partial charge in [0.25, 0.3) is 0 Å². The lowest BCUT2D eigenvalue weighted by molar-refractivity contribution is -0.0651. The van der Waals surface area contributed by atoms with Crippen molar-refractivity contribution in [3.63, 3.8) is 0 Å². The maximum Gasteiger partial charge on any atom is 0.239 e. The summed E-state index contributed by atoms with van der Waals surface area (Å²) in [6, 6.07) is 0. The Balaban J connectivity index is 4.10. The molecule has 4 heteroatoms. The van der Waals surface area contributed by atoms with E-state index in [-0.39, 0.29) is 5.04 Å². The zero-order valence-corrected chi connectivity index (χ0v) is 10.4. The topological polar surface area (TPSA) is 18.5 Å². The summed E-state index contributed by atoms with van der Waals surface area (Å²) in [4.78, 5) is 0. The van der Waals surface area contributed by atoms with Crippen LogP contribution in [0.1, 0.15) is 20.8 Å². The third-order valence-electron chi connectivity index (χ3n) is 2.05. The van der Waals surface area contributed by atoms with Crippen molar-refractivity contribution in [1.82, 2.24) is 0 Å². The molecule has 0 aromatic heterocycles. The van der Waals surface area contributed by atoms with Crippen molar-refractivity contribution in [1.29, 1.82) is 0 Å². The summed E-state index contributed by atoms with van der Waals surface area (Å²) >= 11 is 1.77. The van der Waals surface area contributed by atoms with Gasteiger partial charge < -0.3 is 0 Å². The summed E-state index contributed by atoms with van der Waals surface area (Å²) in [6.45, 7) is 10.8. The molecule has 0 radical (unpaired) electrons. The second kappa shape index (κ2) is 3.51. The van der Waals surface area contributed by atoms with Gasteiger partial charge in [0, 0.05) is 0 Å². The summed E-state index contributed by atoms with van der Waals surface area (Å²) in [6.07, 6.45) is 0. The van der Waals surface area contributed by atoms with Crippen molar-refractivity contribution < 1.29 is 7.79 Å². The summed E-state index contributed by atoms with van der Waals surface area (Å²) in [5.74, 6) is 0. The Morgan fingerprint density at radius 1 is 1.20 bits per heavy atom. The Hall–Kier alpha value is 0.867. The molecular weight excluding hydrogens is 259 g/mol. The van der Waals surface area contributed by atoms with Crippen molar-refractivity contribution in [2.75, 3.05) is 0 Å². The van der Waals surface area contributed by atoms with E-state index in [0.717, 1.165) is 0 Å². The summed E-state index contributed by atoms with van der Waals surface area (Å²) in [5.41, 5.74) is 0. The van der Waals surface area contributed by atoms with Crippen molar-refractivity contribution in [2.24, 2.45) is 0 Å². The highest BCUT2D eigenvalue weighted by Gasteiger charge is 2.38. The van der Waals surface area contributed by atoms with Crippen LogP contribution in [0.4, 0.5) is 0 Å². The fourth-order valence-corrected chi connectivity index (χ4v) is 1.96. The Morgan fingerprint density at radius 2 is 1.60 bits per heavy atom. The number of rotatable bonds is 2. The van der Waals surface area contributed by atoms with E-state index in [1.807, 2.05) is 0 Å². The van der Waals surface area contributed by atoms with Crippen LogP contribution in [-0.2, 0) is 7.79 Å². The van der Waals surface area contributed by atoms with Crippen LogP contribution in [0.5, 0.6) is 0 Å².